The highest BCUT2D eigenvalue weighted by Crippen LogP contribution is 2.25. The predicted molar refractivity (Wildman–Crippen MR) is 95.9 cm³/mol. The number of thioether (sulfide) groups is 1. The third kappa shape index (κ3) is 5.34. The molecule has 6 heteroatoms. The maximum Gasteiger partial charge on any atom is 0.232 e. The zero-order valence-electron chi connectivity index (χ0n) is 12.8. The maximum absolute atomic E-state index is 12.2. The molecule has 1 heterocycles. The van der Waals surface area contributed by atoms with Crippen LogP contribution in [0.1, 0.15) is 18.4 Å². The van der Waals surface area contributed by atoms with Crippen molar-refractivity contribution in [1.29, 1.82) is 0 Å². The first-order valence-corrected chi connectivity index (χ1v) is 9.45. The van der Waals surface area contributed by atoms with E-state index in [9.17, 15) is 4.79 Å². The van der Waals surface area contributed by atoms with Crippen molar-refractivity contribution in [2.24, 2.45) is 5.92 Å². The third-order valence-corrected chi connectivity index (χ3v) is 5.51. The van der Waals surface area contributed by atoms with E-state index < -0.39 is 0 Å². The molecule has 0 aromatic heterocycles. The van der Waals surface area contributed by atoms with Gasteiger partial charge in [0.05, 0.1) is 5.75 Å². The van der Waals surface area contributed by atoms with Crippen molar-refractivity contribution in [1.82, 2.24) is 10.2 Å². The molecule has 1 amide bonds. The monoisotopic (exact) mass is 360 g/mol. The summed E-state index contributed by atoms with van der Waals surface area (Å²) in [4.78, 5) is 14.2. The Labute approximate surface area is 146 Å². The van der Waals surface area contributed by atoms with Gasteiger partial charge in [0.1, 0.15) is 0 Å². The summed E-state index contributed by atoms with van der Waals surface area (Å²) in [6, 6.07) is 5.50. The first kappa shape index (κ1) is 17.9. The minimum absolute atomic E-state index is 0.234. The molecule has 1 aromatic carbocycles. The van der Waals surface area contributed by atoms with E-state index in [0.29, 0.717) is 21.7 Å². The van der Waals surface area contributed by atoms with E-state index in [1.165, 1.54) is 0 Å². The summed E-state index contributed by atoms with van der Waals surface area (Å²) in [7, 11) is 1.98. The lowest BCUT2D eigenvalue weighted by atomic mass is 9.97. The van der Waals surface area contributed by atoms with Gasteiger partial charge in [0, 0.05) is 28.9 Å². The van der Waals surface area contributed by atoms with Crippen molar-refractivity contribution in [3.8, 4) is 0 Å². The van der Waals surface area contributed by atoms with E-state index in [-0.39, 0.29) is 5.91 Å². The zero-order chi connectivity index (χ0) is 15.9. The predicted octanol–water partition coefficient (Wildman–Crippen LogP) is 3.68. The molecule has 1 fully saturated rings. The van der Waals surface area contributed by atoms with Crippen LogP contribution in [0, 0.1) is 5.92 Å². The van der Waals surface area contributed by atoms with Crippen LogP contribution in [-0.4, -0.2) is 43.2 Å². The minimum Gasteiger partial charge on any atom is -0.342 e. The van der Waals surface area contributed by atoms with Crippen molar-refractivity contribution in [2.75, 3.05) is 32.4 Å². The smallest absolute Gasteiger partial charge is 0.232 e. The van der Waals surface area contributed by atoms with Crippen molar-refractivity contribution >= 4 is 40.9 Å². The second-order valence-electron chi connectivity index (χ2n) is 5.61. The molecule has 0 bridgehead atoms. The molecule has 0 unspecified atom stereocenters. The number of likely N-dealkylation sites (tertiary alicyclic amines) is 1. The molecule has 0 radical (unpaired) electrons. The first-order valence-electron chi connectivity index (χ1n) is 7.54. The third-order valence-electron chi connectivity index (χ3n) is 3.96. The quantitative estimate of drug-likeness (QED) is 0.839. The molecular formula is C16H22Cl2N2OS. The number of nitrogens with one attached hydrogen (secondary N) is 1. The van der Waals surface area contributed by atoms with Crippen LogP contribution in [0.5, 0.6) is 0 Å². The van der Waals surface area contributed by atoms with E-state index in [1.54, 1.807) is 17.8 Å². The molecule has 3 nitrogen and oxygen atoms in total. The SMILES string of the molecule is CNCC1CCN(C(=O)CSCc2ccc(Cl)cc2Cl)CC1. The standard InChI is InChI=1S/C16H22Cl2N2OS/c1-19-9-12-4-6-20(7-5-12)16(21)11-22-10-13-2-3-14(17)8-15(13)18/h2-3,8,12,19H,4-7,9-11H2,1H3. The molecule has 1 aromatic rings. The number of benzene rings is 1. The molecule has 2 rings (SSSR count). The van der Waals surface area contributed by atoms with Crippen LogP contribution in [0.15, 0.2) is 18.2 Å². The van der Waals surface area contributed by atoms with E-state index in [4.69, 9.17) is 23.2 Å². The molecule has 0 aliphatic carbocycles. The van der Waals surface area contributed by atoms with Gasteiger partial charge < -0.3 is 10.2 Å². The van der Waals surface area contributed by atoms with Gasteiger partial charge in [0.15, 0.2) is 0 Å². The Kier molecular flexibility index (Phi) is 7.35. The van der Waals surface area contributed by atoms with Crippen LogP contribution < -0.4 is 5.32 Å². The summed E-state index contributed by atoms with van der Waals surface area (Å²) < 4.78 is 0. The highest BCUT2D eigenvalue weighted by atomic mass is 35.5. The largest absolute Gasteiger partial charge is 0.342 e. The normalized spacial score (nSPS) is 16.0. The fourth-order valence-corrected chi connectivity index (χ4v) is 4.14. The maximum atomic E-state index is 12.2. The molecule has 1 aliphatic rings. The molecule has 0 saturated carbocycles. The van der Waals surface area contributed by atoms with Crippen molar-refractivity contribution in [3.63, 3.8) is 0 Å². The lowest BCUT2D eigenvalue weighted by molar-refractivity contribution is -0.129. The lowest BCUT2D eigenvalue weighted by Gasteiger charge is -2.32. The van der Waals surface area contributed by atoms with E-state index in [0.717, 1.165) is 43.8 Å². The van der Waals surface area contributed by atoms with Gasteiger partial charge >= 0.3 is 0 Å². The van der Waals surface area contributed by atoms with Gasteiger partial charge in [0.2, 0.25) is 5.91 Å². The summed E-state index contributed by atoms with van der Waals surface area (Å²) in [5.41, 5.74) is 1.02. The number of piperidine rings is 1. The Bertz CT molecular complexity index is 505. The number of carbonyl (C=O) groups is 1. The van der Waals surface area contributed by atoms with Gasteiger partial charge in [-0.2, -0.15) is 0 Å². The van der Waals surface area contributed by atoms with E-state index in [2.05, 4.69) is 5.32 Å². The van der Waals surface area contributed by atoms with Gasteiger partial charge in [-0.1, -0.05) is 29.3 Å². The van der Waals surface area contributed by atoms with E-state index >= 15 is 0 Å². The second kappa shape index (κ2) is 9.02. The fraction of sp³-hybridized carbons (Fsp3) is 0.562. The molecule has 1 saturated heterocycles. The average molecular weight is 361 g/mol. The number of rotatable bonds is 6. The van der Waals surface area contributed by atoms with Crippen molar-refractivity contribution < 1.29 is 4.79 Å². The number of hydrogen-bond donors (Lipinski definition) is 1. The Morgan fingerprint density at radius 2 is 2.09 bits per heavy atom. The Morgan fingerprint density at radius 3 is 2.73 bits per heavy atom. The molecule has 1 aliphatic heterocycles. The molecule has 1 N–H and O–H groups in total. The van der Waals surface area contributed by atoms with Crippen LogP contribution in [-0.2, 0) is 10.5 Å². The number of hydrogen-bond acceptors (Lipinski definition) is 3. The summed E-state index contributed by atoms with van der Waals surface area (Å²) in [6.07, 6.45) is 2.19. The van der Waals surface area contributed by atoms with Crippen LogP contribution in [0.3, 0.4) is 0 Å². The molecule has 22 heavy (non-hydrogen) atoms. The summed E-state index contributed by atoms with van der Waals surface area (Å²) >= 11 is 13.6. The number of amides is 1. The van der Waals surface area contributed by atoms with Gasteiger partial charge in [-0.15, -0.1) is 11.8 Å². The minimum atomic E-state index is 0.234. The molecule has 0 spiro atoms. The number of nitrogens with zero attached hydrogens (tertiary/aromatic N) is 1. The highest BCUT2D eigenvalue weighted by Gasteiger charge is 2.22. The van der Waals surface area contributed by atoms with Gasteiger partial charge in [-0.05, 0) is 50.0 Å². The molecule has 0 atom stereocenters. The molecular weight excluding hydrogens is 339 g/mol. The summed E-state index contributed by atoms with van der Waals surface area (Å²) in [6.45, 7) is 2.81. The summed E-state index contributed by atoms with van der Waals surface area (Å²) in [5, 5.41) is 4.52. The lowest BCUT2D eigenvalue weighted by Crippen LogP contribution is -2.41. The van der Waals surface area contributed by atoms with Crippen LogP contribution >= 0.6 is 35.0 Å². The first-order chi connectivity index (χ1) is 10.6. The summed E-state index contributed by atoms with van der Waals surface area (Å²) in [5.74, 6) is 2.18. The van der Waals surface area contributed by atoms with Crippen LogP contribution in [0.2, 0.25) is 10.0 Å². The average Bonchev–Trinajstić information content (AvgIpc) is 2.50. The Balaban J connectivity index is 1.72. The highest BCUT2D eigenvalue weighted by molar-refractivity contribution is 7.99. The molecule has 122 valence electrons. The van der Waals surface area contributed by atoms with Crippen LogP contribution in [0.4, 0.5) is 0 Å². The van der Waals surface area contributed by atoms with Crippen molar-refractivity contribution in [3.05, 3.63) is 33.8 Å². The zero-order valence-corrected chi connectivity index (χ0v) is 15.1. The fourth-order valence-electron chi connectivity index (χ4n) is 2.65. The van der Waals surface area contributed by atoms with Crippen LogP contribution in [0.25, 0.3) is 0 Å². The second-order valence-corrected chi connectivity index (χ2v) is 7.44. The van der Waals surface area contributed by atoms with E-state index in [1.807, 2.05) is 24.1 Å². The number of carbonyl (C=O) groups excluding carboxylic acids is 1. The van der Waals surface area contributed by atoms with Crippen molar-refractivity contribution in [2.45, 2.75) is 18.6 Å². The Hall–Kier alpha value is -0.420. The van der Waals surface area contributed by atoms with Gasteiger partial charge in [-0.3, -0.25) is 4.79 Å². The topological polar surface area (TPSA) is 32.3 Å². The Morgan fingerprint density at radius 1 is 1.36 bits per heavy atom. The van der Waals surface area contributed by atoms with Gasteiger partial charge in [-0.25, -0.2) is 0 Å². The van der Waals surface area contributed by atoms with Gasteiger partial charge in [0.25, 0.3) is 0 Å². The number of halogens is 2.